The van der Waals surface area contributed by atoms with Crippen LogP contribution in [0, 0.1) is 11.3 Å². The summed E-state index contributed by atoms with van der Waals surface area (Å²) in [5.41, 5.74) is 2.88. The molecule has 2 atom stereocenters. The van der Waals surface area contributed by atoms with Crippen LogP contribution in [0.25, 0.3) is 10.8 Å². The molecule has 3 aromatic rings. The second-order valence-corrected chi connectivity index (χ2v) is 9.38. The molecule has 4 rings (SSSR count). The van der Waals surface area contributed by atoms with Gasteiger partial charge in [-0.25, -0.2) is 0 Å². The first-order valence-corrected chi connectivity index (χ1v) is 13.0. The minimum absolute atomic E-state index is 0.0234. The quantitative estimate of drug-likeness (QED) is 0.358. The minimum Gasteiger partial charge on any atom is -0.492 e. The van der Waals surface area contributed by atoms with Crippen LogP contribution in [0.15, 0.2) is 66.9 Å². The Morgan fingerprint density at radius 3 is 2.84 bits per heavy atom. The van der Waals surface area contributed by atoms with Crippen molar-refractivity contribution in [3.05, 3.63) is 78.1 Å². The van der Waals surface area contributed by atoms with Crippen LogP contribution in [-0.2, 0) is 4.74 Å². The van der Waals surface area contributed by atoms with Crippen molar-refractivity contribution in [1.29, 1.82) is 5.26 Å². The number of anilines is 1. The van der Waals surface area contributed by atoms with Gasteiger partial charge in [0.05, 0.1) is 25.0 Å². The van der Waals surface area contributed by atoms with E-state index in [-0.39, 0.29) is 18.0 Å². The van der Waals surface area contributed by atoms with Crippen molar-refractivity contribution in [1.82, 2.24) is 15.2 Å². The summed E-state index contributed by atoms with van der Waals surface area (Å²) in [6.45, 7) is 8.90. The van der Waals surface area contributed by atoms with Crippen LogP contribution in [0.1, 0.15) is 41.9 Å². The highest BCUT2D eigenvalue weighted by atomic mass is 16.5. The Bertz CT molecular complexity index is 1300. The molecule has 0 bridgehead atoms. The van der Waals surface area contributed by atoms with Crippen molar-refractivity contribution in [3.63, 3.8) is 0 Å². The average Bonchev–Trinajstić information content (AvgIpc) is 2.95. The summed E-state index contributed by atoms with van der Waals surface area (Å²) in [5.74, 6) is 0.590. The lowest BCUT2D eigenvalue weighted by Gasteiger charge is -2.40. The van der Waals surface area contributed by atoms with E-state index in [9.17, 15) is 10.1 Å². The highest BCUT2D eigenvalue weighted by Gasteiger charge is 2.31. The average molecular weight is 514 g/mol. The molecule has 0 radical (unpaired) electrons. The molecule has 2 N–H and O–H groups in total. The molecular weight excluding hydrogens is 478 g/mol. The van der Waals surface area contributed by atoms with Crippen LogP contribution in [0.4, 0.5) is 5.69 Å². The summed E-state index contributed by atoms with van der Waals surface area (Å²) >= 11 is 0. The van der Waals surface area contributed by atoms with Crippen molar-refractivity contribution >= 4 is 22.4 Å². The first-order chi connectivity index (χ1) is 18.5. The summed E-state index contributed by atoms with van der Waals surface area (Å²) in [6, 6.07) is 18.1. The van der Waals surface area contributed by atoms with Gasteiger partial charge in [-0.3, -0.25) is 14.7 Å². The molecule has 2 heterocycles. The second-order valence-electron chi connectivity index (χ2n) is 9.38. The molecule has 1 aliphatic rings. The molecule has 0 saturated carbocycles. The van der Waals surface area contributed by atoms with Crippen LogP contribution in [0.3, 0.4) is 0 Å². The van der Waals surface area contributed by atoms with Gasteiger partial charge in [0.25, 0.3) is 5.91 Å². The number of aromatic nitrogens is 1. The normalized spacial score (nSPS) is 17.5. The molecule has 2 unspecified atom stereocenters. The van der Waals surface area contributed by atoms with Gasteiger partial charge in [-0.2, -0.15) is 5.26 Å². The number of methoxy groups -OCH3 is 1. The number of carbonyl (C=O) groups excluding carboxylic acids is 1. The van der Waals surface area contributed by atoms with E-state index in [0.29, 0.717) is 31.0 Å². The van der Waals surface area contributed by atoms with Gasteiger partial charge in [0.1, 0.15) is 11.4 Å². The molecular formula is C30H35N5O3. The third-order valence-corrected chi connectivity index (χ3v) is 6.86. The third-order valence-electron chi connectivity index (χ3n) is 6.86. The molecule has 1 amide bonds. The smallest absolute Gasteiger partial charge is 0.270 e. The Labute approximate surface area is 224 Å². The zero-order chi connectivity index (χ0) is 26.9. The number of likely N-dealkylation sites (tertiary alicyclic amines) is 1. The lowest BCUT2D eigenvalue weighted by molar-refractivity contribution is 0.0743. The Kier molecular flexibility index (Phi) is 9.30. The van der Waals surface area contributed by atoms with Gasteiger partial charge >= 0.3 is 0 Å². The molecule has 1 aliphatic heterocycles. The van der Waals surface area contributed by atoms with E-state index in [1.807, 2.05) is 25.1 Å². The second kappa shape index (κ2) is 13.0. The number of fused-ring (bicyclic) bond motifs is 1. The van der Waals surface area contributed by atoms with Crippen LogP contribution < -0.4 is 15.4 Å². The molecule has 198 valence electrons. The molecule has 0 aliphatic carbocycles. The maximum atomic E-state index is 12.8. The maximum absolute atomic E-state index is 12.8. The number of nitrogens with zero attached hydrogens (tertiary/aromatic N) is 3. The zero-order valence-corrected chi connectivity index (χ0v) is 22.1. The van der Waals surface area contributed by atoms with Gasteiger partial charge in [0.2, 0.25) is 0 Å². The number of carbonyl (C=O) groups is 1. The number of hydrogen-bond acceptors (Lipinski definition) is 7. The topological polar surface area (TPSA) is 99.5 Å². The number of ether oxygens (including phenoxy) is 2. The molecule has 38 heavy (non-hydrogen) atoms. The molecule has 1 aromatic heterocycles. The Balaban J connectivity index is 1.65. The summed E-state index contributed by atoms with van der Waals surface area (Å²) in [4.78, 5) is 19.4. The number of amides is 1. The summed E-state index contributed by atoms with van der Waals surface area (Å²) in [7, 11) is 1.72. The van der Waals surface area contributed by atoms with Gasteiger partial charge in [-0.1, -0.05) is 30.8 Å². The van der Waals surface area contributed by atoms with E-state index in [0.717, 1.165) is 53.7 Å². The van der Waals surface area contributed by atoms with Crippen molar-refractivity contribution < 1.29 is 14.3 Å². The summed E-state index contributed by atoms with van der Waals surface area (Å²) in [6.07, 6.45) is 3.26. The minimum atomic E-state index is -0.149. The largest absolute Gasteiger partial charge is 0.492 e. The lowest BCUT2D eigenvalue weighted by atomic mass is 9.90. The molecule has 8 heteroatoms. The first kappa shape index (κ1) is 27.1. The Morgan fingerprint density at radius 1 is 1.26 bits per heavy atom. The summed E-state index contributed by atoms with van der Waals surface area (Å²) < 4.78 is 11.3. The SMILES string of the molecule is C=C(C#N)CNc1c(OCC)ccc2ccc(C3CC(NC(=O)c4ccccn4)CCN3CCOC)cc12. The fraction of sp³-hybridized carbons (Fsp3) is 0.367. The highest BCUT2D eigenvalue weighted by molar-refractivity contribution is 5.97. The van der Waals surface area contributed by atoms with Crippen molar-refractivity contribution in [3.8, 4) is 11.8 Å². The Morgan fingerprint density at radius 2 is 2.11 bits per heavy atom. The number of pyridine rings is 1. The van der Waals surface area contributed by atoms with Gasteiger partial charge < -0.3 is 20.1 Å². The monoisotopic (exact) mass is 513 g/mol. The molecule has 1 fully saturated rings. The number of hydrogen-bond donors (Lipinski definition) is 2. The van der Waals surface area contributed by atoms with Gasteiger partial charge in [-0.15, -0.1) is 0 Å². The van der Waals surface area contributed by atoms with E-state index in [1.54, 1.807) is 25.4 Å². The van der Waals surface area contributed by atoms with Gasteiger partial charge in [0, 0.05) is 56.0 Å². The lowest BCUT2D eigenvalue weighted by Crippen LogP contribution is -2.47. The van der Waals surface area contributed by atoms with Crippen LogP contribution in [-0.4, -0.2) is 61.8 Å². The number of benzene rings is 2. The molecule has 1 saturated heterocycles. The van der Waals surface area contributed by atoms with E-state index < -0.39 is 0 Å². The van der Waals surface area contributed by atoms with E-state index in [2.05, 4.69) is 51.4 Å². The fourth-order valence-electron chi connectivity index (χ4n) is 4.94. The van der Waals surface area contributed by atoms with Crippen molar-refractivity contribution in [2.24, 2.45) is 0 Å². The van der Waals surface area contributed by atoms with Crippen LogP contribution >= 0.6 is 0 Å². The maximum Gasteiger partial charge on any atom is 0.270 e. The van der Waals surface area contributed by atoms with E-state index in [1.165, 1.54) is 0 Å². The number of rotatable bonds is 11. The standard InChI is InChI=1S/C30H35N5O3/c1-4-38-28-11-10-22-8-9-23(17-25(22)29(28)33-20-21(2)19-31)27-18-24(12-14-35(27)15-16-37-3)34-30(36)26-7-5-6-13-32-26/h5-11,13,17,24,27,33H,2,4,12,14-16,18,20H2,1,3H3,(H,34,36). The molecule has 2 aromatic carbocycles. The predicted molar refractivity (Wildman–Crippen MR) is 149 cm³/mol. The highest BCUT2D eigenvalue weighted by Crippen LogP contribution is 2.38. The van der Waals surface area contributed by atoms with E-state index >= 15 is 0 Å². The zero-order valence-electron chi connectivity index (χ0n) is 22.1. The number of piperidine rings is 1. The van der Waals surface area contributed by atoms with Crippen LogP contribution in [0.2, 0.25) is 0 Å². The van der Waals surface area contributed by atoms with Crippen LogP contribution in [0.5, 0.6) is 5.75 Å². The fourth-order valence-corrected chi connectivity index (χ4v) is 4.94. The van der Waals surface area contributed by atoms with Crippen molar-refractivity contribution in [2.45, 2.75) is 31.8 Å². The Hall–Kier alpha value is -3.93. The number of nitriles is 1. The van der Waals surface area contributed by atoms with Gasteiger partial charge in [0.15, 0.2) is 0 Å². The van der Waals surface area contributed by atoms with Crippen molar-refractivity contribution in [2.75, 3.05) is 45.3 Å². The van der Waals surface area contributed by atoms with Gasteiger partial charge in [-0.05, 0) is 55.0 Å². The molecule has 8 nitrogen and oxygen atoms in total. The first-order valence-electron chi connectivity index (χ1n) is 13.0. The predicted octanol–water partition coefficient (Wildman–Crippen LogP) is 4.71. The third kappa shape index (κ3) is 6.49. The van der Waals surface area contributed by atoms with E-state index in [4.69, 9.17) is 9.47 Å². The summed E-state index contributed by atoms with van der Waals surface area (Å²) in [5, 5.41) is 17.9. The number of nitrogens with one attached hydrogen (secondary N) is 2. The molecule has 0 spiro atoms.